The maximum atomic E-state index is 12.1. The van der Waals surface area contributed by atoms with Crippen LogP contribution in [0.1, 0.15) is 174 Å². The van der Waals surface area contributed by atoms with Gasteiger partial charge in [0.05, 0.1) is 6.61 Å². The van der Waals surface area contributed by atoms with E-state index in [0.29, 0.717) is 12.8 Å². The molecule has 6 nitrogen and oxygen atoms in total. The van der Waals surface area contributed by atoms with E-state index in [1.165, 1.54) is 114 Å². The summed E-state index contributed by atoms with van der Waals surface area (Å²) in [6, 6.07) is 0. The van der Waals surface area contributed by atoms with Gasteiger partial charge in [-0.25, -0.2) is 0 Å². The third kappa shape index (κ3) is 31.7. The molecule has 0 saturated carbocycles. The molecule has 0 amide bonds. The summed E-state index contributed by atoms with van der Waals surface area (Å²) in [6.07, 6.45) is 27.7. The lowest BCUT2D eigenvalue weighted by Gasteiger charge is -2.15. The van der Waals surface area contributed by atoms with E-state index in [2.05, 4.69) is 6.92 Å². The molecule has 0 aromatic carbocycles. The standard InChI is InChI=1S/C34H64O6S/c1-3-4-5-6-7-8-9-11-15-18-21-24-27-34(38)40-32(29-35)30-39-33(37)26-23-20-17-14-12-10-13-16-19-22-25-28-41-31(2)36/h32,35H,3-30H2,1-2H3/t32-/m0/s1. The second kappa shape index (κ2) is 31.8. The lowest BCUT2D eigenvalue weighted by atomic mass is 10.0. The van der Waals surface area contributed by atoms with Crippen LogP contribution in [0.5, 0.6) is 0 Å². The van der Waals surface area contributed by atoms with Gasteiger partial charge in [0.25, 0.3) is 0 Å². The summed E-state index contributed by atoms with van der Waals surface area (Å²) in [7, 11) is 0. The smallest absolute Gasteiger partial charge is 0.306 e. The number of thioether (sulfide) groups is 1. The number of unbranched alkanes of at least 4 members (excludes halogenated alkanes) is 21. The van der Waals surface area contributed by atoms with Crippen LogP contribution in [-0.4, -0.2) is 47.2 Å². The van der Waals surface area contributed by atoms with Gasteiger partial charge in [0.15, 0.2) is 11.2 Å². The summed E-state index contributed by atoms with van der Waals surface area (Å²) in [6.45, 7) is 3.47. The van der Waals surface area contributed by atoms with Crippen LogP contribution in [0.25, 0.3) is 0 Å². The molecule has 0 unspecified atom stereocenters. The van der Waals surface area contributed by atoms with Gasteiger partial charge in [0, 0.05) is 25.5 Å². The lowest BCUT2D eigenvalue weighted by Crippen LogP contribution is -2.28. The van der Waals surface area contributed by atoms with Crippen LogP contribution in [0, 0.1) is 0 Å². The number of carbonyl (C=O) groups excluding carboxylic acids is 3. The fourth-order valence-electron chi connectivity index (χ4n) is 4.92. The highest BCUT2D eigenvalue weighted by molar-refractivity contribution is 8.13. The zero-order valence-electron chi connectivity index (χ0n) is 26.8. The summed E-state index contributed by atoms with van der Waals surface area (Å²) >= 11 is 1.43. The number of ether oxygens (including phenoxy) is 2. The second-order valence-electron chi connectivity index (χ2n) is 11.6. The highest BCUT2D eigenvalue weighted by Gasteiger charge is 2.16. The molecule has 0 aromatic heterocycles. The molecule has 0 spiro atoms. The average Bonchev–Trinajstić information content (AvgIpc) is 2.95. The van der Waals surface area contributed by atoms with Gasteiger partial charge in [0.2, 0.25) is 0 Å². The van der Waals surface area contributed by atoms with Gasteiger partial charge in [-0.2, -0.15) is 0 Å². The van der Waals surface area contributed by atoms with Crippen molar-refractivity contribution in [1.29, 1.82) is 0 Å². The third-order valence-corrected chi connectivity index (χ3v) is 8.40. The fourth-order valence-corrected chi connectivity index (χ4v) is 5.55. The minimum absolute atomic E-state index is 0.0743. The number of rotatable bonds is 31. The number of hydrogen-bond donors (Lipinski definition) is 1. The molecule has 0 aliphatic rings. The van der Waals surface area contributed by atoms with Crippen LogP contribution in [0.2, 0.25) is 0 Å². The summed E-state index contributed by atoms with van der Waals surface area (Å²) < 4.78 is 10.5. The number of hydrogen-bond acceptors (Lipinski definition) is 7. The molecule has 0 aromatic rings. The Bertz CT molecular complexity index is 612. The molecule has 0 bridgehead atoms. The first-order valence-corrected chi connectivity index (χ1v) is 18.1. The van der Waals surface area contributed by atoms with E-state index >= 15 is 0 Å². The Morgan fingerprint density at radius 3 is 1.39 bits per heavy atom. The number of aliphatic hydroxyl groups is 1. The zero-order valence-corrected chi connectivity index (χ0v) is 27.6. The van der Waals surface area contributed by atoms with Crippen molar-refractivity contribution in [2.75, 3.05) is 19.0 Å². The maximum absolute atomic E-state index is 12.1. The van der Waals surface area contributed by atoms with E-state index in [1.807, 2.05) is 0 Å². The highest BCUT2D eigenvalue weighted by atomic mass is 32.2. The summed E-state index contributed by atoms with van der Waals surface area (Å²) in [4.78, 5) is 35.0. The van der Waals surface area contributed by atoms with E-state index < -0.39 is 6.10 Å². The largest absolute Gasteiger partial charge is 0.462 e. The maximum Gasteiger partial charge on any atom is 0.306 e. The Labute approximate surface area is 256 Å². The lowest BCUT2D eigenvalue weighted by molar-refractivity contribution is -0.161. The van der Waals surface area contributed by atoms with Crippen molar-refractivity contribution in [2.24, 2.45) is 0 Å². The Hall–Kier alpha value is -1.08. The van der Waals surface area contributed by atoms with E-state index in [4.69, 9.17) is 9.47 Å². The Morgan fingerprint density at radius 2 is 0.976 bits per heavy atom. The molecular weight excluding hydrogens is 536 g/mol. The van der Waals surface area contributed by atoms with Crippen LogP contribution in [-0.2, 0) is 23.9 Å². The van der Waals surface area contributed by atoms with Crippen molar-refractivity contribution < 1.29 is 29.0 Å². The van der Waals surface area contributed by atoms with Crippen LogP contribution in [0.15, 0.2) is 0 Å². The molecule has 0 heterocycles. The zero-order chi connectivity index (χ0) is 30.2. The van der Waals surface area contributed by atoms with E-state index in [-0.39, 0.29) is 30.3 Å². The molecule has 0 radical (unpaired) electrons. The molecule has 1 N–H and O–H groups in total. The van der Waals surface area contributed by atoms with Crippen LogP contribution in [0.3, 0.4) is 0 Å². The first-order chi connectivity index (χ1) is 20.0. The monoisotopic (exact) mass is 600 g/mol. The molecule has 0 aliphatic carbocycles. The minimum Gasteiger partial charge on any atom is -0.462 e. The number of esters is 2. The molecule has 7 heteroatoms. The second-order valence-corrected chi connectivity index (χ2v) is 12.9. The normalized spacial score (nSPS) is 11.9. The van der Waals surface area contributed by atoms with E-state index in [0.717, 1.165) is 50.7 Å². The van der Waals surface area contributed by atoms with E-state index in [9.17, 15) is 19.5 Å². The fraction of sp³-hybridized carbons (Fsp3) is 0.912. The van der Waals surface area contributed by atoms with Crippen molar-refractivity contribution in [3.05, 3.63) is 0 Å². The van der Waals surface area contributed by atoms with Crippen molar-refractivity contribution in [2.45, 2.75) is 180 Å². The predicted octanol–water partition coefficient (Wildman–Crippen LogP) is 9.49. The quantitative estimate of drug-likeness (QED) is 0.0626. The molecule has 1 atom stereocenters. The van der Waals surface area contributed by atoms with Gasteiger partial charge >= 0.3 is 11.9 Å². The number of carbonyl (C=O) groups is 3. The predicted molar refractivity (Wildman–Crippen MR) is 172 cm³/mol. The summed E-state index contributed by atoms with van der Waals surface area (Å²) in [5.74, 6) is 0.343. The summed E-state index contributed by atoms with van der Waals surface area (Å²) in [5, 5.41) is 9.71. The summed E-state index contributed by atoms with van der Waals surface area (Å²) in [5.41, 5.74) is 0. The Balaban J connectivity index is 3.53. The van der Waals surface area contributed by atoms with Gasteiger partial charge in [-0.1, -0.05) is 147 Å². The highest BCUT2D eigenvalue weighted by Crippen LogP contribution is 2.15. The molecule has 0 rings (SSSR count). The average molecular weight is 601 g/mol. The third-order valence-electron chi connectivity index (χ3n) is 7.50. The molecular formula is C34H64O6S. The molecule has 242 valence electrons. The Morgan fingerprint density at radius 1 is 0.585 bits per heavy atom. The van der Waals surface area contributed by atoms with E-state index in [1.54, 1.807) is 6.92 Å². The van der Waals surface area contributed by atoms with Crippen molar-refractivity contribution >= 4 is 28.8 Å². The SMILES string of the molecule is CCCCCCCCCCCCCCC(=O)O[C@@H](CO)COC(=O)CCCCCCCCCCCCCSC(C)=O. The number of aliphatic hydroxyl groups excluding tert-OH is 1. The van der Waals surface area contributed by atoms with Crippen molar-refractivity contribution in [3.8, 4) is 0 Å². The topological polar surface area (TPSA) is 89.9 Å². The Kier molecular flexibility index (Phi) is 31.0. The molecule has 0 aliphatic heterocycles. The van der Waals surface area contributed by atoms with Crippen molar-refractivity contribution in [3.63, 3.8) is 0 Å². The van der Waals surface area contributed by atoms with Gasteiger partial charge < -0.3 is 14.6 Å². The minimum atomic E-state index is -0.775. The van der Waals surface area contributed by atoms with Gasteiger partial charge in [0.1, 0.15) is 6.61 Å². The van der Waals surface area contributed by atoms with Crippen molar-refractivity contribution in [1.82, 2.24) is 0 Å². The van der Waals surface area contributed by atoms with Gasteiger partial charge in [-0.15, -0.1) is 0 Å². The first-order valence-electron chi connectivity index (χ1n) is 17.1. The molecule has 41 heavy (non-hydrogen) atoms. The molecule has 0 fully saturated rings. The molecule has 0 saturated heterocycles. The van der Waals surface area contributed by atoms with Crippen LogP contribution in [0.4, 0.5) is 0 Å². The first kappa shape index (κ1) is 39.9. The van der Waals surface area contributed by atoms with Crippen LogP contribution < -0.4 is 0 Å². The van der Waals surface area contributed by atoms with Crippen LogP contribution >= 0.6 is 11.8 Å². The van der Waals surface area contributed by atoms with Gasteiger partial charge in [-0.3, -0.25) is 14.4 Å². The van der Waals surface area contributed by atoms with Gasteiger partial charge in [-0.05, 0) is 19.3 Å².